The number of hydrogen-bond acceptors (Lipinski definition) is 5. The van der Waals surface area contributed by atoms with Gasteiger partial charge >= 0.3 is 0 Å². The van der Waals surface area contributed by atoms with Gasteiger partial charge in [-0.15, -0.1) is 10.2 Å². The van der Waals surface area contributed by atoms with Crippen molar-refractivity contribution in [3.05, 3.63) is 17.3 Å². The number of nitrogens with one attached hydrogen (secondary N) is 2. The molecule has 1 saturated heterocycles. The van der Waals surface area contributed by atoms with Crippen LogP contribution in [0, 0.1) is 0 Å². The van der Waals surface area contributed by atoms with Gasteiger partial charge in [0.2, 0.25) is 5.91 Å². The van der Waals surface area contributed by atoms with Crippen molar-refractivity contribution in [2.75, 3.05) is 25.0 Å². The number of ether oxygens (including phenoxy) is 1. The van der Waals surface area contributed by atoms with Gasteiger partial charge in [-0.2, -0.15) is 0 Å². The summed E-state index contributed by atoms with van der Waals surface area (Å²) in [6.07, 6.45) is 0.223. The van der Waals surface area contributed by atoms with Gasteiger partial charge < -0.3 is 15.4 Å². The minimum atomic E-state index is -0.143. The molecule has 2 N–H and O–H groups in total. The molecule has 1 atom stereocenters. The summed E-state index contributed by atoms with van der Waals surface area (Å²) in [5, 5.41) is 13.5. The second-order valence-corrected chi connectivity index (χ2v) is 4.08. The van der Waals surface area contributed by atoms with Crippen LogP contribution in [0.5, 0.6) is 0 Å². The van der Waals surface area contributed by atoms with E-state index in [1.54, 1.807) is 12.1 Å². The molecule has 92 valence electrons. The van der Waals surface area contributed by atoms with Gasteiger partial charge in [0.25, 0.3) is 0 Å². The normalized spacial score (nSPS) is 19.9. The number of aromatic nitrogens is 2. The van der Waals surface area contributed by atoms with Gasteiger partial charge in [-0.3, -0.25) is 4.79 Å². The van der Waals surface area contributed by atoms with Crippen molar-refractivity contribution in [2.45, 2.75) is 12.5 Å². The summed E-state index contributed by atoms with van der Waals surface area (Å²) in [6.45, 7) is 2.17. The SMILES string of the molecule is O=C(CC1CNCCO1)Nc1ccc(Cl)nn1. The van der Waals surface area contributed by atoms with Crippen LogP contribution in [-0.4, -0.2) is 41.9 Å². The molecule has 2 heterocycles. The Labute approximate surface area is 104 Å². The molecular formula is C10H13ClN4O2. The molecule has 0 aromatic carbocycles. The Morgan fingerprint density at radius 3 is 3.12 bits per heavy atom. The molecule has 1 amide bonds. The van der Waals surface area contributed by atoms with Gasteiger partial charge in [0.05, 0.1) is 19.1 Å². The Kier molecular flexibility index (Phi) is 4.24. The molecule has 1 aliphatic heterocycles. The predicted octanol–water partition coefficient (Wildman–Crippen LogP) is 0.447. The molecule has 1 aromatic rings. The summed E-state index contributed by atoms with van der Waals surface area (Å²) in [4.78, 5) is 11.6. The van der Waals surface area contributed by atoms with Gasteiger partial charge in [-0.05, 0) is 12.1 Å². The average Bonchev–Trinajstić information content (AvgIpc) is 2.33. The fourth-order valence-electron chi connectivity index (χ4n) is 1.53. The number of amides is 1. The molecular weight excluding hydrogens is 244 g/mol. The zero-order valence-electron chi connectivity index (χ0n) is 9.15. The highest BCUT2D eigenvalue weighted by Crippen LogP contribution is 2.08. The van der Waals surface area contributed by atoms with Crippen LogP contribution in [0.3, 0.4) is 0 Å². The van der Waals surface area contributed by atoms with E-state index < -0.39 is 0 Å². The highest BCUT2D eigenvalue weighted by molar-refractivity contribution is 6.29. The first kappa shape index (κ1) is 12.2. The number of hydrogen-bond donors (Lipinski definition) is 2. The maximum absolute atomic E-state index is 11.6. The molecule has 1 unspecified atom stereocenters. The Bertz CT molecular complexity index is 378. The van der Waals surface area contributed by atoms with Crippen LogP contribution in [-0.2, 0) is 9.53 Å². The lowest BCUT2D eigenvalue weighted by Crippen LogP contribution is -2.40. The number of halogens is 1. The number of nitrogens with zero attached hydrogens (tertiary/aromatic N) is 2. The third-order valence-corrected chi connectivity index (χ3v) is 2.52. The Hall–Kier alpha value is -1.24. The van der Waals surface area contributed by atoms with Crippen LogP contribution >= 0.6 is 11.6 Å². The molecule has 0 aliphatic carbocycles. The Balaban J connectivity index is 1.82. The van der Waals surface area contributed by atoms with E-state index in [9.17, 15) is 4.79 Å². The second-order valence-electron chi connectivity index (χ2n) is 3.69. The van der Waals surface area contributed by atoms with Crippen molar-refractivity contribution < 1.29 is 9.53 Å². The molecule has 1 aliphatic rings. The van der Waals surface area contributed by atoms with Crippen LogP contribution in [0.2, 0.25) is 5.15 Å². The summed E-state index contributed by atoms with van der Waals surface area (Å²) in [5.74, 6) is 0.249. The van der Waals surface area contributed by atoms with Gasteiger partial charge in [-0.25, -0.2) is 0 Å². The second kappa shape index (κ2) is 5.90. The van der Waals surface area contributed by atoms with Crippen LogP contribution in [0.1, 0.15) is 6.42 Å². The zero-order valence-corrected chi connectivity index (χ0v) is 9.91. The summed E-state index contributed by atoms with van der Waals surface area (Å²) < 4.78 is 5.42. The fourth-order valence-corrected chi connectivity index (χ4v) is 1.63. The largest absolute Gasteiger partial charge is 0.375 e. The Morgan fingerprint density at radius 2 is 2.47 bits per heavy atom. The summed E-state index contributed by atoms with van der Waals surface area (Å²) in [7, 11) is 0. The predicted molar refractivity (Wildman–Crippen MR) is 62.9 cm³/mol. The van der Waals surface area contributed by atoms with E-state index in [1.165, 1.54) is 0 Å². The molecule has 6 nitrogen and oxygen atoms in total. The van der Waals surface area contributed by atoms with E-state index in [1.807, 2.05) is 0 Å². The molecule has 7 heteroatoms. The summed E-state index contributed by atoms with van der Waals surface area (Å²) in [6, 6.07) is 3.18. The molecule has 0 bridgehead atoms. The number of carbonyl (C=O) groups excluding carboxylic acids is 1. The van der Waals surface area contributed by atoms with E-state index in [0.717, 1.165) is 6.54 Å². The lowest BCUT2D eigenvalue weighted by Gasteiger charge is -2.22. The van der Waals surface area contributed by atoms with Crippen molar-refractivity contribution in [3.63, 3.8) is 0 Å². The van der Waals surface area contributed by atoms with Gasteiger partial charge in [-0.1, -0.05) is 11.6 Å². The first-order valence-corrected chi connectivity index (χ1v) is 5.73. The highest BCUT2D eigenvalue weighted by atomic mass is 35.5. The van der Waals surface area contributed by atoms with E-state index in [-0.39, 0.29) is 12.0 Å². The van der Waals surface area contributed by atoms with Crippen molar-refractivity contribution in [1.82, 2.24) is 15.5 Å². The van der Waals surface area contributed by atoms with E-state index in [0.29, 0.717) is 30.5 Å². The minimum Gasteiger partial charge on any atom is -0.375 e. The van der Waals surface area contributed by atoms with Crippen LogP contribution < -0.4 is 10.6 Å². The van der Waals surface area contributed by atoms with Crippen molar-refractivity contribution in [3.8, 4) is 0 Å². The number of rotatable bonds is 3. The van der Waals surface area contributed by atoms with Gasteiger partial charge in [0, 0.05) is 13.1 Å². The monoisotopic (exact) mass is 256 g/mol. The number of carbonyl (C=O) groups is 1. The maximum atomic E-state index is 11.6. The van der Waals surface area contributed by atoms with Gasteiger partial charge in [0.15, 0.2) is 11.0 Å². The molecule has 0 spiro atoms. The van der Waals surface area contributed by atoms with E-state index >= 15 is 0 Å². The molecule has 2 rings (SSSR count). The summed E-state index contributed by atoms with van der Waals surface area (Å²) >= 11 is 5.59. The minimum absolute atomic E-state index is 0.0796. The fraction of sp³-hybridized carbons (Fsp3) is 0.500. The zero-order chi connectivity index (χ0) is 12.1. The van der Waals surface area contributed by atoms with Crippen molar-refractivity contribution in [2.24, 2.45) is 0 Å². The van der Waals surface area contributed by atoms with E-state index in [4.69, 9.17) is 16.3 Å². The van der Waals surface area contributed by atoms with Crippen LogP contribution in [0.15, 0.2) is 12.1 Å². The first-order valence-electron chi connectivity index (χ1n) is 5.35. The molecule has 1 fully saturated rings. The number of anilines is 1. The standard InChI is InChI=1S/C10H13ClN4O2/c11-8-1-2-9(15-14-8)13-10(16)5-7-6-12-3-4-17-7/h1-2,7,12H,3-6H2,(H,13,15,16). The smallest absolute Gasteiger partial charge is 0.228 e. The van der Waals surface area contributed by atoms with E-state index in [2.05, 4.69) is 20.8 Å². The highest BCUT2D eigenvalue weighted by Gasteiger charge is 2.17. The summed E-state index contributed by atoms with van der Waals surface area (Å²) in [5.41, 5.74) is 0. The lowest BCUT2D eigenvalue weighted by molar-refractivity contribution is -0.119. The topological polar surface area (TPSA) is 76.1 Å². The lowest BCUT2D eigenvalue weighted by atomic mass is 10.2. The molecule has 17 heavy (non-hydrogen) atoms. The average molecular weight is 257 g/mol. The van der Waals surface area contributed by atoms with Crippen LogP contribution in [0.25, 0.3) is 0 Å². The maximum Gasteiger partial charge on any atom is 0.228 e. The number of morpholine rings is 1. The Morgan fingerprint density at radius 1 is 1.59 bits per heavy atom. The quantitative estimate of drug-likeness (QED) is 0.821. The third kappa shape index (κ3) is 3.92. The molecule has 1 aromatic heterocycles. The third-order valence-electron chi connectivity index (χ3n) is 2.32. The molecule has 0 saturated carbocycles. The van der Waals surface area contributed by atoms with Crippen molar-refractivity contribution in [1.29, 1.82) is 0 Å². The molecule has 0 radical (unpaired) electrons. The van der Waals surface area contributed by atoms with Crippen molar-refractivity contribution >= 4 is 23.3 Å². The van der Waals surface area contributed by atoms with Gasteiger partial charge in [0.1, 0.15) is 0 Å². The van der Waals surface area contributed by atoms with Crippen LogP contribution in [0.4, 0.5) is 5.82 Å². The first-order chi connectivity index (χ1) is 8.24.